The van der Waals surface area contributed by atoms with Crippen LogP contribution in [-0.4, -0.2) is 24.1 Å². The first-order chi connectivity index (χ1) is 5.27. The van der Waals surface area contributed by atoms with E-state index in [-0.39, 0.29) is 6.10 Å². The Balaban J connectivity index is 2.21. The number of hydrogen-bond donors (Lipinski definition) is 1. The summed E-state index contributed by atoms with van der Waals surface area (Å²) in [5, 5.41) is 8.55. The first-order valence-corrected chi connectivity index (χ1v) is 4.19. The van der Waals surface area contributed by atoms with E-state index in [0.29, 0.717) is 12.0 Å². The van der Waals surface area contributed by atoms with Crippen molar-refractivity contribution < 1.29 is 14.9 Å². The molecule has 0 radical (unpaired) electrons. The van der Waals surface area contributed by atoms with Crippen LogP contribution in [0.5, 0.6) is 0 Å². The van der Waals surface area contributed by atoms with Crippen molar-refractivity contribution in [3.63, 3.8) is 0 Å². The van der Waals surface area contributed by atoms with Crippen LogP contribution in [-0.2, 0) is 9.62 Å². The number of epoxide rings is 1. The molecule has 0 aromatic rings. The van der Waals surface area contributed by atoms with Gasteiger partial charge in [0.15, 0.2) is 0 Å². The van der Waals surface area contributed by atoms with Gasteiger partial charge in [-0.25, -0.2) is 4.89 Å². The molecule has 66 valence electrons. The third kappa shape index (κ3) is 2.77. The number of rotatable bonds is 5. The first-order valence-electron chi connectivity index (χ1n) is 4.19. The van der Waals surface area contributed by atoms with E-state index in [1.807, 2.05) is 0 Å². The Bertz CT molecular complexity index is 112. The number of ether oxygens (including phenoxy) is 1. The predicted octanol–water partition coefficient (Wildman–Crippen LogP) is 1.68. The van der Waals surface area contributed by atoms with Crippen molar-refractivity contribution in [1.82, 2.24) is 0 Å². The zero-order valence-electron chi connectivity index (χ0n) is 7.12. The summed E-state index contributed by atoms with van der Waals surface area (Å²) in [6.45, 7) is 4.99. The summed E-state index contributed by atoms with van der Waals surface area (Å²) >= 11 is 0. The molecule has 0 bridgehead atoms. The summed E-state index contributed by atoms with van der Waals surface area (Å²) in [6.07, 6.45) is 2.14. The molecule has 0 amide bonds. The van der Waals surface area contributed by atoms with E-state index in [1.165, 1.54) is 0 Å². The molecule has 1 heterocycles. The van der Waals surface area contributed by atoms with Crippen LogP contribution in [0.15, 0.2) is 0 Å². The third-order valence-electron chi connectivity index (χ3n) is 2.31. The normalized spacial score (nSPS) is 28.1. The standard InChI is InChI=1S/C8H16O3/c1-3-6(2)8(11-9)4-7-5-10-7/h6-9H,3-5H2,1-2H3. The van der Waals surface area contributed by atoms with Crippen LogP contribution in [0.4, 0.5) is 0 Å². The molecule has 3 nitrogen and oxygen atoms in total. The molecule has 0 aliphatic carbocycles. The van der Waals surface area contributed by atoms with Gasteiger partial charge in [0.1, 0.15) is 0 Å². The molecule has 0 saturated carbocycles. The minimum absolute atomic E-state index is 0.0486. The zero-order chi connectivity index (χ0) is 8.27. The second kappa shape index (κ2) is 4.04. The molecule has 1 saturated heterocycles. The van der Waals surface area contributed by atoms with Crippen LogP contribution in [0.3, 0.4) is 0 Å². The maximum Gasteiger partial charge on any atom is 0.0978 e. The van der Waals surface area contributed by atoms with Crippen molar-refractivity contribution in [2.24, 2.45) is 5.92 Å². The lowest BCUT2D eigenvalue weighted by Gasteiger charge is -2.17. The van der Waals surface area contributed by atoms with Crippen molar-refractivity contribution in [2.45, 2.75) is 38.9 Å². The van der Waals surface area contributed by atoms with Crippen LogP contribution >= 0.6 is 0 Å². The highest BCUT2D eigenvalue weighted by Crippen LogP contribution is 2.22. The Morgan fingerprint density at radius 3 is 2.73 bits per heavy atom. The van der Waals surface area contributed by atoms with E-state index in [0.717, 1.165) is 19.4 Å². The van der Waals surface area contributed by atoms with Gasteiger partial charge in [-0.15, -0.1) is 0 Å². The average molecular weight is 160 g/mol. The van der Waals surface area contributed by atoms with Crippen LogP contribution in [0.2, 0.25) is 0 Å². The molecule has 3 heteroatoms. The molecule has 0 spiro atoms. The minimum Gasteiger partial charge on any atom is -0.373 e. The molecule has 3 unspecified atom stereocenters. The van der Waals surface area contributed by atoms with Crippen molar-refractivity contribution in [1.29, 1.82) is 0 Å². The molecule has 1 N–H and O–H groups in total. The largest absolute Gasteiger partial charge is 0.373 e. The fourth-order valence-electron chi connectivity index (χ4n) is 1.11. The summed E-state index contributed by atoms with van der Waals surface area (Å²) in [6, 6.07) is 0. The highest BCUT2D eigenvalue weighted by atomic mass is 17.1. The van der Waals surface area contributed by atoms with Crippen molar-refractivity contribution in [3.05, 3.63) is 0 Å². The molecule has 1 aliphatic rings. The maximum atomic E-state index is 8.55. The van der Waals surface area contributed by atoms with Gasteiger partial charge in [-0.05, 0) is 5.92 Å². The lowest BCUT2D eigenvalue weighted by Crippen LogP contribution is -2.22. The van der Waals surface area contributed by atoms with E-state index < -0.39 is 0 Å². The molecule has 1 fully saturated rings. The smallest absolute Gasteiger partial charge is 0.0978 e. The Morgan fingerprint density at radius 2 is 2.36 bits per heavy atom. The van der Waals surface area contributed by atoms with E-state index in [1.54, 1.807) is 0 Å². The molecule has 0 aromatic heterocycles. The monoisotopic (exact) mass is 160 g/mol. The predicted molar refractivity (Wildman–Crippen MR) is 41.3 cm³/mol. The van der Waals surface area contributed by atoms with Gasteiger partial charge < -0.3 is 4.74 Å². The van der Waals surface area contributed by atoms with Gasteiger partial charge in [0.25, 0.3) is 0 Å². The molecule has 3 atom stereocenters. The van der Waals surface area contributed by atoms with Gasteiger partial charge in [-0.3, -0.25) is 5.26 Å². The van der Waals surface area contributed by atoms with Gasteiger partial charge in [0, 0.05) is 6.42 Å². The SMILES string of the molecule is CCC(C)C(CC1CO1)OO. The Hall–Kier alpha value is -0.120. The van der Waals surface area contributed by atoms with Crippen molar-refractivity contribution in [2.75, 3.05) is 6.61 Å². The fraction of sp³-hybridized carbons (Fsp3) is 1.00. The maximum absolute atomic E-state index is 8.55. The van der Waals surface area contributed by atoms with E-state index in [2.05, 4.69) is 18.7 Å². The van der Waals surface area contributed by atoms with E-state index in [4.69, 9.17) is 9.99 Å². The Kier molecular flexibility index (Phi) is 3.30. The lowest BCUT2D eigenvalue weighted by atomic mass is 9.98. The van der Waals surface area contributed by atoms with Gasteiger partial charge in [0.2, 0.25) is 0 Å². The second-order valence-corrected chi connectivity index (χ2v) is 3.22. The van der Waals surface area contributed by atoms with Gasteiger partial charge in [-0.1, -0.05) is 20.3 Å². The van der Waals surface area contributed by atoms with E-state index in [9.17, 15) is 0 Å². The Morgan fingerprint density at radius 1 is 1.73 bits per heavy atom. The summed E-state index contributed by atoms with van der Waals surface area (Å²) in [4.78, 5) is 4.37. The molecular weight excluding hydrogens is 144 g/mol. The van der Waals surface area contributed by atoms with Crippen LogP contribution in [0.25, 0.3) is 0 Å². The average Bonchev–Trinajstić information content (AvgIpc) is 2.82. The molecule has 0 aromatic carbocycles. The fourth-order valence-corrected chi connectivity index (χ4v) is 1.11. The molecule has 11 heavy (non-hydrogen) atoms. The van der Waals surface area contributed by atoms with Crippen LogP contribution < -0.4 is 0 Å². The summed E-state index contributed by atoms with van der Waals surface area (Å²) in [5.41, 5.74) is 0. The quantitative estimate of drug-likeness (QED) is 0.378. The molecule has 1 rings (SSSR count). The van der Waals surface area contributed by atoms with Gasteiger partial charge in [0.05, 0.1) is 18.8 Å². The zero-order valence-corrected chi connectivity index (χ0v) is 7.12. The topological polar surface area (TPSA) is 42.0 Å². The summed E-state index contributed by atoms with van der Waals surface area (Å²) in [7, 11) is 0. The Labute approximate surface area is 67.2 Å². The summed E-state index contributed by atoms with van der Waals surface area (Å²) < 4.78 is 5.04. The van der Waals surface area contributed by atoms with Gasteiger partial charge >= 0.3 is 0 Å². The summed E-state index contributed by atoms with van der Waals surface area (Å²) in [5.74, 6) is 0.407. The first kappa shape index (κ1) is 8.97. The van der Waals surface area contributed by atoms with Crippen molar-refractivity contribution in [3.8, 4) is 0 Å². The van der Waals surface area contributed by atoms with Crippen molar-refractivity contribution >= 4 is 0 Å². The van der Waals surface area contributed by atoms with Crippen LogP contribution in [0.1, 0.15) is 26.7 Å². The van der Waals surface area contributed by atoms with Gasteiger partial charge in [-0.2, -0.15) is 0 Å². The molecular formula is C8H16O3. The third-order valence-corrected chi connectivity index (χ3v) is 2.31. The van der Waals surface area contributed by atoms with E-state index >= 15 is 0 Å². The van der Waals surface area contributed by atoms with Crippen LogP contribution in [0, 0.1) is 5.92 Å². The highest BCUT2D eigenvalue weighted by molar-refractivity contribution is 4.76. The number of hydrogen-bond acceptors (Lipinski definition) is 3. The minimum atomic E-state index is -0.0486. The molecule has 1 aliphatic heterocycles. The highest BCUT2D eigenvalue weighted by Gasteiger charge is 2.29. The second-order valence-electron chi connectivity index (χ2n) is 3.22. The lowest BCUT2D eigenvalue weighted by molar-refractivity contribution is -0.291.